The zero-order valence-electron chi connectivity index (χ0n) is 9.95. The number of aryl methyl sites for hydroxylation is 2. The van der Waals surface area contributed by atoms with Crippen molar-refractivity contribution in [3.05, 3.63) is 47.5 Å². The van der Waals surface area contributed by atoms with Crippen molar-refractivity contribution in [2.45, 2.75) is 26.7 Å². The van der Waals surface area contributed by atoms with Gasteiger partial charge in [-0.25, -0.2) is 4.79 Å². The Labute approximate surface area is 96.9 Å². The lowest BCUT2D eigenvalue weighted by Gasteiger charge is -2.04. The minimum Gasteiger partial charge on any atom is -0.462 e. The molecule has 0 saturated heterocycles. The molecule has 2 nitrogen and oxygen atoms in total. The van der Waals surface area contributed by atoms with E-state index in [4.69, 9.17) is 4.74 Å². The highest BCUT2D eigenvalue weighted by Crippen LogP contribution is 2.06. The fraction of sp³-hybridized carbons (Fsp3) is 0.357. The predicted molar refractivity (Wildman–Crippen MR) is 65.3 cm³/mol. The lowest BCUT2D eigenvalue weighted by molar-refractivity contribution is -0.139. The Balaban J connectivity index is 2.23. The Hall–Kier alpha value is -1.57. The number of carbonyl (C=O) groups excluding carboxylic acids is 1. The minimum atomic E-state index is -0.302. The number of hydrogen-bond donors (Lipinski definition) is 0. The molecule has 2 heteroatoms. The Morgan fingerprint density at radius 3 is 2.50 bits per heavy atom. The SMILES string of the molecule is C=C(C)C(=O)OCCCc1ccc(C)cc1. The summed E-state index contributed by atoms with van der Waals surface area (Å²) in [5, 5.41) is 0. The third-order valence-electron chi connectivity index (χ3n) is 2.31. The van der Waals surface area contributed by atoms with E-state index in [1.54, 1.807) is 6.92 Å². The Morgan fingerprint density at radius 1 is 1.31 bits per heavy atom. The molecule has 16 heavy (non-hydrogen) atoms. The summed E-state index contributed by atoms with van der Waals surface area (Å²) in [6, 6.07) is 8.40. The zero-order chi connectivity index (χ0) is 12.0. The first-order valence-corrected chi connectivity index (χ1v) is 5.48. The van der Waals surface area contributed by atoms with E-state index in [-0.39, 0.29) is 5.97 Å². The molecule has 0 aliphatic heterocycles. The molecule has 1 rings (SSSR count). The number of carbonyl (C=O) groups is 1. The van der Waals surface area contributed by atoms with Crippen molar-refractivity contribution in [3.8, 4) is 0 Å². The monoisotopic (exact) mass is 218 g/mol. The van der Waals surface area contributed by atoms with Gasteiger partial charge in [0.25, 0.3) is 0 Å². The minimum absolute atomic E-state index is 0.302. The molecule has 0 aliphatic rings. The quantitative estimate of drug-likeness (QED) is 0.431. The standard InChI is InChI=1S/C14H18O2/c1-11(2)14(15)16-10-4-5-13-8-6-12(3)7-9-13/h6-9H,1,4-5,10H2,2-3H3. The molecule has 86 valence electrons. The van der Waals surface area contributed by atoms with Crippen LogP contribution in [-0.4, -0.2) is 12.6 Å². The first kappa shape index (κ1) is 12.5. The molecule has 1 aromatic rings. The zero-order valence-corrected chi connectivity index (χ0v) is 9.95. The van der Waals surface area contributed by atoms with Crippen LogP contribution < -0.4 is 0 Å². The molecule has 0 bridgehead atoms. The summed E-state index contributed by atoms with van der Waals surface area (Å²) in [4.78, 5) is 11.1. The van der Waals surface area contributed by atoms with E-state index in [9.17, 15) is 4.79 Å². The van der Waals surface area contributed by atoms with Gasteiger partial charge in [-0.05, 0) is 32.3 Å². The number of ether oxygens (including phenoxy) is 1. The number of hydrogen-bond acceptors (Lipinski definition) is 2. The van der Waals surface area contributed by atoms with Gasteiger partial charge in [0.15, 0.2) is 0 Å². The van der Waals surface area contributed by atoms with Gasteiger partial charge in [0.2, 0.25) is 0 Å². The summed E-state index contributed by atoms with van der Waals surface area (Å²) in [5.41, 5.74) is 2.99. The summed E-state index contributed by atoms with van der Waals surface area (Å²) in [6.45, 7) is 7.71. The normalized spacial score (nSPS) is 9.88. The van der Waals surface area contributed by atoms with E-state index in [1.807, 2.05) is 0 Å². The fourth-order valence-corrected chi connectivity index (χ4v) is 1.32. The molecule has 0 spiro atoms. The molecule has 0 fully saturated rings. The largest absolute Gasteiger partial charge is 0.462 e. The number of esters is 1. The lowest BCUT2D eigenvalue weighted by Crippen LogP contribution is -2.06. The van der Waals surface area contributed by atoms with Gasteiger partial charge in [-0.3, -0.25) is 0 Å². The second-order valence-corrected chi connectivity index (χ2v) is 4.01. The van der Waals surface area contributed by atoms with Crippen LogP contribution in [0.25, 0.3) is 0 Å². The van der Waals surface area contributed by atoms with Crippen LogP contribution in [0.5, 0.6) is 0 Å². The van der Waals surface area contributed by atoms with Crippen molar-refractivity contribution in [1.82, 2.24) is 0 Å². The van der Waals surface area contributed by atoms with E-state index in [2.05, 4.69) is 37.8 Å². The van der Waals surface area contributed by atoms with Crippen molar-refractivity contribution in [3.63, 3.8) is 0 Å². The fourth-order valence-electron chi connectivity index (χ4n) is 1.32. The Kier molecular flexibility index (Phi) is 4.77. The molecule has 0 saturated carbocycles. The topological polar surface area (TPSA) is 26.3 Å². The third kappa shape index (κ3) is 4.30. The summed E-state index contributed by atoms with van der Waals surface area (Å²) in [5.74, 6) is -0.302. The van der Waals surface area contributed by atoms with Crippen LogP contribution in [0.2, 0.25) is 0 Å². The Morgan fingerprint density at radius 2 is 1.94 bits per heavy atom. The number of benzene rings is 1. The smallest absolute Gasteiger partial charge is 0.333 e. The third-order valence-corrected chi connectivity index (χ3v) is 2.31. The van der Waals surface area contributed by atoms with Gasteiger partial charge in [-0.15, -0.1) is 0 Å². The maximum absolute atomic E-state index is 11.1. The van der Waals surface area contributed by atoms with Crippen LogP contribution in [0.1, 0.15) is 24.5 Å². The summed E-state index contributed by atoms with van der Waals surface area (Å²) in [7, 11) is 0. The summed E-state index contributed by atoms with van der Waals surface area (Å²) in [6.07, 6.45) is 1.78. The van der Waals surface area contributed by atoms with Crippen LogP contribution in [0.4, 0.5) is 0 Å². The van der Waals surface area contributed by atoms with Crippen molar-refractivity contribution in [1.29, 1.82) is 0 Å². The molecular weight excluding hydrogens is 200 g/mol. The molecule has 0 N–H and O–H groups in total. The summed E-state index contributed by atoms with van der Waals surface area (Å²) < 4.78 is 5.01. The highest BCUT2D eigenvalue weighted by Gasteiger charge is 2.02. The van der Waals surface area contributed by atoms with Crippen LogP contribution in [0.15, 0.2) is 36.4 Å². The highest BCUT2D eigenvalue weighted by molar-refractivity contribution is 5.86. The molecule has 0 aliphatic carbocycles. The van der Waals surface area contributed by atoms with Gasteiger partial charge in [0, 0.05) is 5.57 Å². The van der Waals surface area contributed by atoms with Gasteiger partial charge in [-0.2, -0.15) is 0 Å². The van der Waals surface area contributed by atoms with Crippen molar-refractivity contribution in [2.24, 2.45) is 0 Å². The predicted octanol–water partition coefficient (Wildman–Crippen LogP) is 3.05. The first-order chi connectivity index (χ1) is 7.59. The lowest BCUT2D eigenvalue weighted by atomic mass is 10.1. The highest BCUT2D eigenvalue weighted by atomic mass is 16.5. The van der Waals surface area contributed by atoms with E-state index < -0.39 is 0 Å². The van der Waals surface area contributed by atoms with Crippen LogP contribution in [0.3, 0.4) is 0 Å². The maximum atomic E-state index is 11.1. The molecular formula is C14H18O2. The van der Waals surface area contributed by atoms with E-state index in [1.165, 1.54) is 11.1 Å². The Bertz CT molecular complexity index is 363. The van der Waals surface area contributed by atoms with Crippen LogP contribution in [-0.2, 0) is 16.0 Å². The van der Waals surface area contributed by atoms with Gasteiger partial charge >= 0.3 is 5.97 Å². The molecule has 0 amide bonds. The van der Waals surface area contributed by atoms with Crippen molar-refractivity contribution >= 4 is 5.97 Å². The summed E-state index contributed by atoms with van der Waals surface area (Å²) >= 11 is 0. The van der Waals surface area contributed by atoms with Gasteiger partial charge in [-0.1, -0.05) is 36.4 Å². The average molecular weight is 218 g/mol. The van der Waals surface area contributed by atoms with E-state index in [0.29, 0.717) is 12.2 Å². The van der Waals surface area contributed by atoms with E-state index >= 15 is 0 Å². The molecule has 1 aromatic carbocycles. The molecule has 0 unspecified atom stereocenters. The van der Waals surface area contributed by atoms with Crippen molar-refractivity contribution < 1.29 is 9.53 Å². The molecule has 0 aromatic heterocycles. The van der Waals surface area contributed by atoms with Gasteiger partial charge in [0.1, 0.15) is 0 Å². The second-order valence-electron chi connectivity index (χ2n) is 4.01. The van der Waals surface area contributed by atoms with Gasteiger partial charge in [0.05, 0.1) is 6.61 Å². The van der Waals surface area contributed by atoms with E-state index in [0.717, 1.165) is 12.8 Å². The maximum Gasteiger partial charge on any atom is 0.333 e. The second kappa shape index (κ2) is 6.11. The molecule has 0 radical (unpaired) electrons. The number of rotatable bonds is 5. The average Bonchev–Trinajstić information content (AvgIpc) is 2.26. The van der Waals surface area contributed by atoms with Crippen molar-refractivity contribution in [2.75, 3.05) is 6.61 Å². The van der Waals surface area contributed by atoms with Gasteiger partial charge < -0.3 is 4.74 Å². The molecule has 0 atom stereocenters. The van der Waals surface area contributed by atoms with Crippen LogP contribution in [0, 0.1) is 6.92 Å². The van der Waals surface area contributed by atoms with Crippen LogP contribution >= 0.6 is 0 Å². The molecule has 0 heterocycles. The first-order valence-electron chi connectivity index (χ1n) is 5.48.